The summed E-state index contributed by atoms with van der Waals surface area (Å²) in [5, 5.41) is 0.405. The minimum Gasteiger partial charge on any atom is -0.450 e. The lowest BCUT2D eigenvalue weighted by molar-refractivity contribution is -0.123. The number of aromatic nitrogens is 1. The molecule has 3 rings (SSSR count). The summed E-state index contributed by atoms with van der Waals surface area (Å²) in [4.78, 5) is 27.7. The van der Waals surface area contributed by atoms with Crippen LogP contribution in [0.3, 0.4) is 0 Å². The summed E-state index contributed by atoms with van der Waals surface area (Å²) in [7, 11) is 0. The van der Waals surface area contributed by atoms with Crippen LogP contribution in [0, 0.1) is 5.92 Å². The summed E-state index contributed by atoms with van der Waals surface area (Å²) in [6, 6.07) is 1.71. The van der Waals surface area contributed by atoms with Gasteiger partial charge in [-0.2, -0.15) is 0 Å². The lowest BCUT2D eigenvalue weighted by Crippen LogP contribution is -2.34. The molecule has 2 heterocycles. The van der Waals surface area contributed by atoms with E-state index in [4.69, 9.17) is 4.74 Å². The molecule has 0 bridgehead atoms. The van der Waals surface area contributed by atoms with Crippen molar-refractivity contribution in [1.82, 2.24) is 4.98 Å². The number of esters is 1. The lowest BCUT2D eigenvalue weighted by atomic mass is 9.74. The molecule has 0 amide bonds. The summed E-state index contributed by atoms with van der Waals surface area (Å²) < 4.78 is 5.62. The third kappa shape index (κ3) is 2.00. The van der Waals surface area contributed by atoms with Crippen molar-refractivity contribution in [2.24, 2.45) is 5.92 Å². The molecule has 1 aromatic rings. The zero-order valence-corrected chi connectivity index (χ0v) is 12.0. The number of rotatable bonds is 2. The quantitative estimate of drug-likeness (QED) is 0.620. The maximum Gasteiger partial charge on any atom is 0.339 e. The number of ether oxygens (including phenoxy) is 1. The van der Waals surface area contributed by atoms with Gasteiger partial charge in [-0.15, -0.1) is 0 Å². The van der Waals surface area contributed by atoms with Crippen LogP contribution in [0.15, 0.2) is 18.5 Å². The van der Waals surface area contributed by atoms with E-state index < -0.39 is 5.60 Å². The first kappa shape index (κ1) is 12.8. The van der Waals surface area contributed by atoms with Gasteiger partial charge in [0.05, 0.1) is 10.9 Å². The molecule has 1 saturated carbocycles. The van der Waals surface area contributed by atoms with Crippen molar-refractivity contribution < 1.29 is 14.3 Å². The molecule has 4 nitrogen and oxygen atoms in total. The van der Waals surface area contributed by atoms with Gasteiger partial charge in [-0.25, -0.2) is 4.79 Å². The molecule has 100 valence electrons. The van der Waals surface area contributed by atoms with E-state index >= 15 is 0 Å². The van der Waals surface area contributed by atoms with Crippen LogP contribution in [0.1, 0.15) is 41.6 Å². The monoisotopic (exact) mass is 323 g/mol. The predicted molar refractivity (Wildman–Crippen MR) is 72.1 cm³/mol. The fourth-order valence-electron chi connectivity index (χ4n) is 3.11. The Morgan fingerprint density at radius 2 is 2.21 bits per heavy atom. The van der Waals surface area contributed by atoms with Crippen molar-refractivity contribution in [2.45, 2.75) is 31.3 Å². The number of halogens is 1. The maximum atomic E-state index is 11.9. The summed E-state index contributed by atoms with van der Waals surface area (Å²) in [5.41, 5.74) is 0.981. The van der Waals surface area contributed by atoms with Gasteiger partial charge >= 0.3 is 5.97 Å². The van der Waals surface area contributed by atoms with E-state index in [-0.39, 0.29) is 17.7 Å². The first-order chi connectivity index (χ1) is 9.16. The van der Waals surface area contributed by atoms with Crippen molar-refractivity contribution >= 4 is 27.7 Å². The number of carbonyl (C=O) groups excluding carboxylic acids is 2. The van der Waals surface area contributed by atoms with Gasteiger partial charge in [-0.05, 0) is 31.7 Å². The largest absolute Gasteiger partial charge is 0.450 e. The van der Waals surface area contributed by atoms with Gasteiger partial charge in [0, 0.05) is 23.9 Å². The first-order valence-corrected chi connectivity index (χ1v) is 7.55. The molecular formula is C14H14BrNO3. The second kappa shape index (κ2) is 4.71. The number of ketones is 1. The van der Waals surface area contributed by atoms with E-state index in [1.807, 2.05) is 0 Å². The second-order valence-electron chi connectivity index (χ2n) is 5.18. The van der Waals surface area contributed by atoms with Gasteiger partial charge in [0.15, 0.2) is 0 Å². The molecule has 0 N–H and O–H groups in total. The Balaban J connectivity index is 1.85. The molecule has 5 heteroatoms. The number of alkyl halides is 1. The third-order valence-corrected chi connectivity index (χ3v) is 4.75. The number of fused-ring (bicyclic) bond motifs is 2. The molecular weight excluding hydrogens is 310 g/mol. The minimum atomic E-state index is -0.538. The summed E-state index contributed by atoms with van der Waals surface area (Å²) in [5.74, 6) is 0.0673. The molecule has 0 atom stereocenters. The van der Waals surface area contributed by atoms with Gasteiger partial charge in [-0.1, -0.05) is 15.9 Å². The van der Waals surface area contributed by atoms with Gasteiger partial charge in [0.1, 0.15) is 11.4 Å². The summed E-state index contributed by atoms with van der Waals surface area (Å²) in [6.45, 7) is 0. The highest BCUT2D eigenvalue weighted by Crippen LogP contribution is 2.47. The van der Waals surface area contributed by atoms with Gasteiger partial charge in [0.2, 0.25) is 0 Å². The van der Waals surface area contributed by atoms with Gasteiger partial charge in [-0.3, -0.25) is 9.78 Å². The second-order valence-corrected chi connectivity index (χ2v) is 5.74. The minimum absolute atomic E-state index is 0.0874. The molecule has 0 unspecified atom stereocenters. The number of hydrogen-bond donors (Lipinski definition) is 0. The van der Waals surface area contributed by atoms with E-state index in [2.05, 4.69) is 20.9 Å². The van der Waals surface area contributed by atoms with Gasteiger partial charge in [0.25, 0.3) is 0 Å². The van der Waals surface area contributed by atoms with Crippen LogP contribution < -0.4 is 0 Å². The number of pyridine rings is 1. The zero-order valence-electron chi connectivity index (χ0n) is 10.4. The molecule has 1 aliphatic heterocycles. The average molecular weight is 324 g/mol. The lowest BCUT2D eigenvalue weighted by Gasteiger charge is -2.35. The van der Waals surface area contributed by atoms with Gasteiger partial charge < -0.3 is 4.74 Å². The van der Waals surface area contributed by atoms with Crippen LogP contribution in [0.2, 0.25) is 0 Å². The molecule has 1 fully saturated rings. The average Bonchev–Trinajstić information content (AvgIpc) is 2.72. The van der Waals surface area contributed by atoms with Crippen molar-refractivity contribution in [3.8, 4) is 0 Å². The highest BCUT2D eigenvalue weighted by molar-refractivity contribution is 9.09. The van der Waals surface area contributed by atoms with Crippen LogP contribution in [0.25, 0.3) is 0 Å². The SMILES string of the molecule is O=C1OC2(CCC(C(=O)CBr)CC2)c2cnccc21. The van der Waals surface area contributed by atoms with Crippen molar-refractivity contribution in [3.05, 3.63) is 29.6 Å². The molecule has 19 heavy (non-hydrogen) atoms. The molecule has 0 aromatic carbocycles. The van der Waals surface area contributed by atoms with Crippen LogP contribution in [0.4, 0.5) is 0 Å². The highest BCUT2D eigenvalue weighted by atomic mass is 79.9. The van der Waals surface area contributed by atoms with Crippen molar-refractivity contribution in [3.63, 3.8) is 0 Å². The highest BCUT2D eigenvalue weighted by Gasteiger charge is 2.48. The Hall–Kier alpha value is -1.23. The standard InChI is InChI=1S/C14H14BrNO3/c15-7-12(17)9-1-4-14(5-2-9)11-8-16-6-3-10(11)13(18)19-14/h3,6,8-9H,1-2,4-5,7H2. The number of carbonyl (C=O) groups is 2. The van der Waals surface area contributed by atoms with E-state index in [1.165, 1.54) is 0 Å². The Morgan fingerprint density at radius 3 is 2.89 bits per heavy atom. The topological polar surface area (TPSA) is 56.3 Å². The Labute approximate surface area is 119 Å². The van der Waals surface area contributed by atoms with E-state index in [9.17, 15) is 9.59 Å². The smallest absolute Gasteiger partial charge is 0.339 e. The number of Topliss-reactive ketones (excluding diaryl/α,β-unsaturated/α-hetero) is 1. The van der Waals surface area contributed by atoms with E-state index in [1.54, 1.807) is 18.5 Å². The molecule has 1 spiro atoms. The normalized spacial score (nSPS) is 29.1. The number of nitrogens with zero attached hydrogens (tertiary/aromatic N) is 1. The maximum absolute atomic E-state index is 11.9. The van der Waals surface area contributed by atoms with E-state index in [0.29, 0.717) is 23.7 Å². The third-order valence-electron chi connectivity index (χ3n) is 4.20. The predicted octanol–water partition coefficient (Wildman–Crippen LogP) is 2.60. The Kier molecular flexibility index (Phi) is 3.17. The van der Waals surface area contributed by atoms with Crippen LogP contribution >= 0.6 is 15.9 Å². The van der Waals surface area contributed by atoms with Crippen LogP contribution in [0.5, 0.6) is 0 Å². The Bertz CT molecular complexity index is 535. The molecule has 1 aromatic heterocycles. The van der Waals surface area contributed by atoms with E-state index in [0.717, 1.165) is 18.4 Å². The first-order valence-electron chi connectivity index (χ1n) is 6.43. The Morgan fingerprint density at radius 1 is 1.47 bits per heavy atom. The molecule has 0 saturated heterocycles. The number of hydrogen-bond acceptors (Lipinski definition) is 4. The van der Waals surface area contributed by atoms with Crippen LogP contribution in [-0.2, 0) is 15.1 Å². The summed E-state index contributed by atoms with van der Waals surface area (Å²) >= 11 is 3.22. The van der Waals surface area contributed by atoms with Crippen LogP contribution in [-0.4, -0.2) is 22.1 Å². The molecule has 2 aliphatic rings. The molecule has 0 radical (unpaired) electrons. The summed E-state index contributed by atoms with van der Waals surface area (Å²) in [6.07, 6.45) is 6.30. The zero-order chi connectivity index (χ0) is 13.5. The van der Waals surface area contributed by atoms with Crippen molar-refractivity contribution in [1.29, 1.82) is 0 Å². The fourth-order valence-corrected chi connectivity index (χ4v) is 3.57. The van der Waals surface area contributed by atoms with Crippen molar-refractivity contribution in [2.75, 3.05) is 5.33 Å². The fraction of sp³-hybridized carbons (Fsp3) is 0.500. The molecule has 1 aliphatic carbocycles.